The van der Waals surface area contributed by atoms with Crippen molar-refractivity contribution in [2.75, 3.05) is 19.7 Å². The summed E-state index contributed by atoms with van der Waals surface area (Å²) in [6.07, 6.45) is -3.82. The van der Waals surface area contributed by atoms with Crippen LogP contribution in [-0.4, -0.2) is 158 Å². The molecule has 0 saturated carbocycles. The molecule has 0 fully saturated rings. The summed E-state index contributed by atoms with van der Waals surface area (Å²) in [5.41, 5.74) is 0.504. The van der Waals surface area contributed by atoms with Gasteiger partial charge in [0.1, 0.15) is 42.0 Å². The molecule has 0 aromatic heterocycles. The van der Waals surface area contributed by atoms with Crippen molar-refractivity contribution in [2.45, 2.75) is 88.8 Å². The molecular weight excluding hydrogens is 792 g/mol. The van der Waals surface area contributed by atoms with E-state index >= 15 is 0 Å². The molecular formula is C34H48N8O17. The summed E-state index contributed by atoms with van der Waals surface area (Å²) < 4.78 is 0. The fourth-order valence-electron chi connectivity index (χ4n) is 4.81. The normalized spacial score (nSPS) is 14.2. The lowest BCUT2D eigenvalue weighted by atomic mass is 10.0. The van der Waals surface area contributed by atoms with E-state index in [1.54, 1.807) is 0 Å². The number of phenolic OH excluding ortho intramolecular Hbond substituents is 1. The minimum absolute atomic E-state index is 0.0596. The lowest BCUT2D eigenvalue weighted by molar-refractivity contribution is -0.147. The highest BCUT2D eigenvalue weighted by atomic mass is 16.4. The number of carbonyl (C=O) groups excluding carboxylic acids is 8. The van der Waals surface area contributed by atoms with Gasteiger partial charge >= 0.3 is 17.9 Å². The molecule has 1 aromatic rings. The van der Waals surface area contributed by atoms with Crippen LogP contribution in [0.2, 0.25) is 0 Å². The summed E-state index contributed by atoms with van der Waals surface area (Å²) in [5.74, 6) is -12.6. The molecule has 59 heavy (non-hydrogen) atoms. The minimum atomic E-state index is -1.89. The van der Waals surface area contributed by atoms with Crippen molar-refractivity contribution in [1.29, 1.82) is 0 Å². The molecule has 1 rings (SSSR count). The van der Waals surface area contributed by atoms with Crippen LogP contribution in [0.1, 0.15) is 45.6 Å². The Morgan fingerprint density at radius 3 is 1.69 bits per heavy atom. The average molecular weight is 841 g/mol. The number of carboxylic acids is 3. The molecule has 25 heteroatoms. The Morgan fingerprint density at radius 2 is 1.17 bits per heavy atom. The van der Waals surface area contributed by atoms with Gasteiger partial charge in [-0.3, -0.25) is 47.9 Å². The zero-order valence-corrected chi connectivity index (χ0v) is 32.0. The quantitative estimate of drug-likeness (QED) is 0.0436. The molecule has 25 nitrogen and oxygen atoms in total. The summed E-state index contributed by atoms with van der Waals surface area (Å²) in [5, 5.41) is 73.6. The topological polar surface area (TPSA) is 405 Å². The van der Waals surface area contributed by atoms with E-state index in [1.807, 2.05) is 5.32 Å². The van der Waals surface area contributed by atoms with Gasteiger partial charge in [-0.25, -0.2) is 4.79 Å². The number of rotatable bonds is 25. The Hall–Kier alpha value is -6.89. The Bertz CT molecular complexity index is 1720. The van der Waals surface area contributed by atoms with Crippen LogP contribution in [0.3, 0.4) is 0 Å². The summed E-state index contributed by atoms with van der Waals surface area (Å²) in [6.45, 7) is 0.743. The maximum Gasteiger partial charge on any atom is 0.326 e. The van der Waals surface area contributed by atoms with Crippen LogP contribution < -0.4 is 42.5 Å². The molecule has 0 heterocycles. The number of aliphatic hydroxyl groups is 2. The molecule has 0 aliphatic heterocycles. The van der Waals surface area contributed by atoms with Crippen molar-refractivity contribution in [3.05, 3.63) is 29.8 Å². The van der Waals surface area contributed by atoms with Gasteiger partial charge in [0.05, 0.1) is 32.2 Å². The van der Waals surface area contributed by atoms with E-state index in [0.29, 0.717) is 5.56 Å². The molecule has 326 valence electrons. The molecule has 14 N–H and O–H groups in total. The maximum atomic E-state index is 13.2. The van der Waals surface area contributed by atoms with Crippen LogP contribution in [-0.2, 0) is 59.2 Å². The van der Waals surface area contributed by atoms with E-state index in [9.17, 15) is 73.2 Å². The van der Waals surface area contributed by atoms with Gasteiger partial charge in [0.25, 0.3) is 0 Å². The zero-order chi connectivity index (χ0) is 45.0. The molecule has 0 radical (unpaired) electrons. The van der Waals surface area contributed by atoms with Gasteiger partial charge in [0.2, 0.25) is 47.3 Å². The first kappa shape index (κ1) is 50.1. The highest BCUT2D eigenvalue weighted by Crippen LogP contribution is 2.12. The van der Waals surface area contributed by atoms with Crippen LogP contribution >= 0.6 is 0 Å². The molecule has 0 unspecified atom stereocenters. The van der Waals surface area contributed by atoms with Crippen LogP contribution in [0.15, 0.2) is 24.3 Å². The third-order valence-electron chi connectivity index (χ3n) is 7.86. The number of aromatic hydroxyl groups is 1. The summed E-state index contributed by atoms with van der Waals surface area (Å²) >= 11 is 0. The molecule has 0 bridgehead atoms. The second kappa shape index (κ2) is 24.7. The Kier molecular flexibility index (Phi) is 21.0. The number of amides is 8. The summed E-state index contributed by atoms with van der Waals surface area (Å²) in [7, 11) is 0. The van der Waals surface area contributed by atoms with Crippen molar-refractivity contribution in [3.8, 4) is 5.75 Å². The van der Waals surface area contributed by atoms with Crippen molar-refractivity contribution in [3.63, 3.8) is 0 Å². The number of phenols is 1. The first-order valence-corrected chi connectivity index (χ1v) is 17.6. The monoisotopic (exact) mass is 840 g/mol. The highest BCUT2D eigenvalue weighted by Gasteiger charge is 2.33. The van der Waals surface area contributed by atoms with Crippen molar-refractivity contribution >= 4 is 65.2 Å². The van der Waals surface area contributed by atoms with Gasteiger partial charge in [0, 0.05) is 19.8 Å². The molecule has 0 aliphatic rings. The van der Waals surface area contributed by atoms with E-state index in [0.717, 1.165) is 20.8 Å². The van der Waals surface area contributed by atoms with Crippen LogP contribution in [0.5, 0.6) is 5.75 Å². The minimum Gasteiger partial charge on any atom is -0.508 e. The first-order valence-electron chi connectivity index (χ1n) is 17.6. The highest BCUT2D eigenvalue weighted by molar-refractivity contribution is 5.97. The number of aliphatic hydroxyl groups excluding tert-OH is 2. The van der Waals surface area contributed by atoms with Crippen molar-refractivity contribution in [1.82, 2.24) is 42.5 Å². The van der Waals surface area contributed by atoms with Gasteiger partial charge in [-0.15, -0.1) is 0 Å². The first-order chi connectivity index (χ1) is 27.5. The number of benzene rings is 1. The third kappa shape index (κ3) is 19.2. The predicted molar refractivity (Wildman–Crippen MR) is 196 cm³/mol. The second-order valence-corrected chi connectivity index (χ2v) is 12.9. The Morgan fingerprint density at radius 1 is 0.610 bits per heavy atom. The SMILES string of the molecule is CC(=O)N[C@@H](Cc1ccc(O)cc1)C(=O)N[C@@H](CCC(=O)O)C(=O)N[C@@H](CO)C(=O)NCC(=O)NCC(=O)N[C@@H](C)C(=O)N[C@H](C(=O)N[C@@H](CC(=O)O)C(=O)O)[C@@H](C)O. The lowest BCUT2D eigenvalue weighted by Gasteiger charge is -2.24. The second-order valence-electron chi connectivity index (χ2n) is 12.9. The lowest BCUT2D eigenvalue weighted by Crippen LogP contribution is -2.59. The number of aliphatic carboxylic acids is 3. The van der Waals surface area contributed by atoms with E-state index < -0.39 is 146 Å². The number of carbonyl (C=O) groups is 11. The predicted octanol–water partition coefficient (Wildman–Crippen LogP) is -6.09. The zero-order valence-electron chi connectivity index (χ0n) is 32.0. The maximum absolute atomic E-state index is 13.2. The van der Waals surface area contributed by atoms with E-state index in [4.69, 9.17) is 10.2 Å². The van der Waals surface area contributed by atoms with Crippen molar-refractivity contribution < 1.29 is 83.4 Å². The Labute approximate surface area is 335 Å². The summed E-state index contributed by atoms with van der Waals surface area (Å²) in [6, 6.07) is -4.01. The average Bonchev–Trinajstić information content (AvgIpc) is 3.14. The molecule has 0 aliphatic carbocycles. The van der Waals surface area contributed by atoms with Gasteiger partial charge in [0.15, 0.2) is 0 Å². The van der Waals surface area contributed by atoms with Crippen LogP contribution in [0.25, 0.3) is 0 Å². The standard InChI is InChI=1S/C34H48N8O17/c1-15(29(53)42-28(16(2)44)33(57)40-22(34(58)59)11-27(51)52)37-25(48)13-35-24(47)12-36-30(54)23(14-43)41-31(55)20(8-9-26(49)50)39-32(56)21(38-17(3)45)10-18-4-6-19(46)7-5-18/h4-7,15-16,20-23,28,43-44,46H,8-14H2,1-3H3,(H,35,47)(H,36,54)(H,37,48)(H,38,45)(H,39,56)(H,40,57)(H,41,55)(H,42,53)(H,49,50)(H,51,52)(H,58,59)/t15-,16+,20-,21-,22-,23-,28-/m0/s1. The molecule has 8 amide bonds. The fourth-order valence-corrected chi connectivity index (χ4v) is 4.81. The van der Waals surface area contributed by atoms with Crippen molar-refractivity contribution in [2.24, 2.45) is 0 Å². The van der Waals surface area contributed by atoms with Crippen LogP contribution in [0, 0.1) is 0 Å². The molecule has 0 saturated heterocycles. The Balaban J connectivity index is 2.78. The number of nitrogens with one attached hydrogen (secondary N) is 8. The van der Waals surface area contributed by atoms with Gasteiger partial charge in [-0.2, -0.15) is 0 Å². The number of hydrogen-bond acceptors (Lipinski definition) is 14. The molecule has 7 atom stereocenters. The number of carboxylic acid groups (broad SMARTS) is 3. The van der Waals surface area contributed by atoms with Gasteiger partial charge < -0.3 is 73.2 Å². The van der Waals surface area contributed by atoms with Gasteiger partial charge in [-0.05, 0) is 38.0 Å². The van der Waals surface area contributed by atoms with E-state index in [2.05, 4.69) is 37.2 Å². The molecule has 1 aromatic carbocycles. The summed E-state index contributed by atoms with van der Waals surface area (Å²) in [4.78, 5) is 134. The molecule has 0 spiro atoms. The number of hydrogen-bond donors (Lipinski definition) is 14. The fraction of sp³-hybridized carbons (Fsp3) is 0.500. The van der Waals surface area contributed by atoms with Gasteiger partial charge in [-0.1, -0.05) is 12.1 Å². The smallest absolute Gasteiger partial charge is 0.326 e. The van der Waals surface area contributed by atoms with E-state index in [-0.39, 0.29) is 12.2 Å². The largest absolute Gasteiger partial charge is 0.508 e. The van der Waals surface area contributed by atoms with E-state index in [1.165, 1.54) is 24.3 Å². The third-order valence-corrected chi connectivity index (χ3v) is 7.86. The van der Waals surface area contributed by atoms with Crippen LogP contribution in [0.4, 0.5) is 0 Å².